The predicted octanol–water partition coefficient (Wildman–Crippen LogP) is 3.48. The molecule has 10 heteroatoms. The number of rotatable bonds is 2. The highest BCUT2D eigenvalue weighted by atomic mass is 16.6. The second-order valence-corrected chi connectivity index (χ2v) is 9.20. The molecule has 2 heterocycles. The second kappa shape index (κ2) is 18.0. The van der Waals surface area contributed by atoms with Crippen LogP contribution in [0.1, 0.15) is 24.0 Å². The molecule has 4 rings (SSSR count). The fourth-order valence-electron chi connectivity index (χ4n) is 4.17. The van der Waals surface area contributed by atoms with Crippen LogP contribution >= 0.6 is 0 Å². The van der Waals surface area contributed by atoms with Gasteiger partial charge < -0.3 is 47.4 Å². The van der Waals surface area contributed by atoms with Crippen molar-refractivity contribution < 1.29 is 47.4 Å². The Kier molecular flexibility index (Phi) is 13.6. The van der Waals surface area contributed by atoms with Gasteiger partial charge in [0.2, 0.25) is 0 Å². The Hall–Kier alpha value is -2.60. The van der Waals surface area contributed by atoms with Gasteiger partial charge in [0.15, 0.2) is 23.0 Å². The van der Waals surface area contributed by atoms with E-state index in [1.807, 2.05) is 24.3 Å². The summed E-state index contributed by atoms with van der Waals surface area (Å²) in [5.74, 6) is 2.76. The van der Waals surface area contributed by atoms with Gasteiger partial charge in [0.1, 0.15) is 26.4 Å². The van der Waals surface area contributed by atoms with Crippen molar-refractivity contribution in [3.05, 3.63) is 47.5 Å². The van der Waals surface area contributed by atoms with Crippen LogP contribution in [0.2, 0.25) is 0 Å². The minimum absolute atomic E-state index is 0.0597. The summed E-state index contributed by atoms with van der Waals surface area (Å²) in [7, 11) is 0. The van der Waals surface area contributed by atoms with Crippen LogP contribution in [0.5, 0.6) is 23.0 Å². The van der Waals surface area contributed by atoms with Gasteiger partial charge in [0.05, 0.1) is 79.3 Å². The molecule has 0 atom stereocenters. The third kappa shape index (κ3) is 10.4. The summed E-state index contributed by atoms with van der Waals surface area (Å²) in [4.78, 5) is 0. The van der Waals surface area contributed by atoms with E-state index in [1.165, 1.54) is 0 Å². The van der Waals surface area contributed by atoms with Gasteiger partial charge in [-0.3, -0.25) is 0 Å². The van der Waals surface area contributed by atoms with Crippen LogP contribution in [0.4, 0.5) is 0 Å². The van der Waals surface area contributed by atoms with Crippen LogP contribution in [-0.2, 0) is 28.4 Å². The van der Waals surface area contributed by atoms with E-state index < -0.39 is 0 Å². The lowest BCUT2D eigenvalue weighted by atomic mass is 9.92. The summed E-state index contributed by atoms with van der Waals surface area (Å²) >= 11 is 0. The lowest BCUT2D eigenvalue weighted by Crippen LogP contribution is -2.13. The molecule has 0 unspecified atom stereocenters. The Labute approximate surface area is 236 Å². The van der Waals surface area contributed by atoms with Crippen LogP contribution in [0, 0.1) is 0 Å². The van der Waals surface area contributed by atoms with Gasteiger partial charge in [-0.15, -0.1) is 0 Å². The van der Waals surface area contributed by atoms with Crippen molar-refractivity contribution in [2.75, 3.05) is 106 Å². The molecule has 0 radical (unpaired) electrons. The minimum atomic E-state index is 0.0597. The maximum atomic E-state index is 6.08. The summed E-state index contributed by atoms with van der Waals surface area (Å²) in [6.45, 7) is 9.89. The molecule has 2 aliphatic heterocycles. The highest BCUT2D eigenvalue weighted by molar-refractivity contribution is 5.49. The molecule has 0 aliphatic carbocycles. The van der Waals surface area contributed by atoms with Crippen molar-refractivity contribution in [2.24, 2.45) is 0 Å². The molecule has 0 spiro atoms. The molecule has 2 aliphatic rings. The fraction of sp³-hybridized carbons (Fsp3) is 0.600. The quantitative estimate of drug-likeness (QED) is 0.542. The predicted molar refractivity (Wildman–Crippen MR) is 147 cm³/mol. The zero-order valence-electron chi connectivity index (χ0n) is 23.4. The van der Waals surface area contributed by atoms with E-state index in [2.05, 4.69) is 19.1 Å². The molecule has 2 aromatic carbocycles. The Balaban J connectivity index is 1.46. The van der Waals surface area contributed by atoms with Crippen molar-refractivity contribution in [2.45, 2.75) is 12.8 Å². The maximum absolute atomic E-state index is 6.08. The van der Waals surface area contributed by atoms with Crippen LogP contribution in [0.25, 0.3) is 0 Å². The summed E-state index contributed by atoms with van der Waals surface area (Å²) in [5.41, 5.74) is 2.17. The Bertz CT molecular complexity index is 907. The number of hydrogen-bond donors (Lipinski definition) is 0. The van der Waals surface area contributed by atoms with E-state index >= 15 is 0 Å². The summed E-state index contributed by atoms with van der Waals surface area (Å²) < 4.78 is 57.4. The third-order valence-corrected chi connectivity index (χ3v) is 6.36. The minimum Gasteiger partial charge on any atom is -0.487 e. The van der Waals surface area contributed by atoms with Crippen LogP contribution in [0.15, 0.2) is 36.4 Å². The smallest absolute Gasteiger partial charge is 0.161 e. The second-order valence-electron chi connectivity index (χ2n) is 9.20. The molecule has 2 aromatic rings. The lowest BCUT2D eigenvalue weighted by molar-refractivity contribution is 0.00708. The van der Waals surface area contributed by atoms with Gasteiger partial charge in [-0.05, 0) is 35.4 Å². The average Bonchev–Trinajstić information content (AvgIpc) is 2.99. The van der Waals surface area contributed by atoms with E-state index in [-0.39, 0.29) is 5.92 Å². The Morgan fingerprint density at radius 1 is 0.375 bits per heavy atom. The van der Waals surface area contributed by atoms with Crippen molar-refractivity contribution in [3.8, 4) is 23.0 Å². The fourth-order valence-corrected chi connectivity index (χ4v) is 4.17. The van der Waals surface area contributed by atoms with Crippen molar-refractivity contribution in [1.82, 2.24) is 0 Å². The van der Waals surface area contributed by atoms with E-state index in [0.29, 0.717) is 129 Å². The summed E-state index contributed by atoms with van der Waals surface area (Å²) in [6.07, 6.45) is 0. The number of ether oxygens (including phenoxy) is 10. The van der Waals surface area contributed by atoms with E-state index in [4.69, 9.17) is 47.4 Å². The van der Waals surface area contributed by atoms with Crippen LogP contribution < -0.4 is 18.9 Å². The molecule has 0 fully saturated rings. The van der Waals surface area contributed by atoms with E-state index in [9.17, 15) is 0 Å². The first-order valence-electron chi connectivity index (χ1n) is 14.1. The maximum Gasteiger partial charge on any atom is 0.161 e. The highest BCUT2D eigenvalue weighted by Crippen LogP contribution is 2.37. The molecule has 0 amide bonds. The SMILES string of the molecule is CC(c1ccc2c(c1)OCCOCCOCCOCCO2)c1ccc2c(c1)OCCOCCOCCOCCO2. The van der Waals surface area contributed by atoms with E-state index in [1.54, 1.807) is 0 Å². The van der Waals surface area contributed by atoms with Gasteiger partial charge in [-0.1, -0.05) is 19.1 Å². The first-order chi connectivity index (χ1) is 19.8. The molecular formula is C30H42O10. The van der Waals surface area contributed by atoms with Crippen molar-refractivity contribution in [3.63, 3.8) is 0 Å². The standard InChI is InChI=1S/C30H42O10/c1-24(25-2-4-27-29(22-25)39-20-16-35-12-8-31-6-10-33-14-18-37-27)26-3-5-28-30(23-26)40-21-17-36-13-9-32-7-11-34-15-19-38-28/h2-5,22-24H,6-21H2,1H3. The lowest BCUT2D eigenvalue weighted by Gasteiger charge is -2.19. The van der Waals surface area contributed by atoms with E-state index in [0.717, 1.165) is 11.1 Å². The third-order valence-electron chi connectivity index (χ3n) is 6.36. The monoisotopic (exact) mass is 562 g/mol. The normalized spacial score (nSPS) is 19.4. The summed E-state index contributed by atoms with van der Waals surface area (Å²) in [5, 5.41) is 0. The molecule has 40 heavy (non-hydrogen) atoms. The van der Waals surface area contributed by atoms with Crippen molar-refractivity contribution >= 4 is 0 Å². The number of fused-ring (bicyclic) bond motifs is 2. The van der Waals surface area contributed by atoms with Crippen LogP contribution in [-0.4, -0.2) is 106 Å². The zero-order chi connectivity index (χ0) is 27.7. The molecule has 222 valence electrons. The van der Waals surface area contributed by atoms with Crippen molar-refractivity contribution in [1.29, 1.82) is 0 Å². The van der Waals surface area contributed by atoms with Gasteiger partial charge in [-0.2, -0.15) is 0 Å². The average molecular weight is 563 g/mol. The van der Waals surface area contributed by atoms with Crippen LogP contribution in [0.3, 0.4) is 0 Å². The molecular weight excluding hydrogens is 520 g/mol. The highest BCUT2D eigenvalue weighted by Gasteiger charge is 2.16. The number of hydrogen-bond acceptors (Lipinski definition) is 10. The summed E-state index contributed by atoms with van der Waals surface area (Å²) in [6, 6.07) is 12.1. The molecule has 0 bridgehead atoms. The Morgan fingerprint density at radius 3 is 0.975 bits per heavy atom. The molecule has 0 saturated carbocycles. The molecule has 0 saturated heterocycles. The largest absolute Gasteiger partial charge is 0.487 e. The number of benzene rings is 2. The first-order valence-corrected chi connectivity index (χ1v) is 14.1. The molecule has 10 nitrogen and oxygen atoms in total. The molecule has 0 aromatic heterocycles. The van der Waals surface area contributed by atoms with Gasteiger partial charge >= 0.3 is 0 Å². The Morgan fingerprint density at radius 2 is 0.650 bits per heavy atom. The topological polar surface area (TPSA) is 92.3 Å². The van der Waals surface area contributed by atoms with Gasteiger partial charge in [0.25, 0.3) is 0 Å². The first kappa shape index (κ1) is 30.4. The zero-order valence-corrected chi connectivity index (χ0v) is 23.4. The van der Waals surface area contributed by atoms with Gasteiger partial charge in [0, 0.05) is 5.92 Å². The van der Waals surface area contributed by atoms with Gasteiger partial charge in [-0.25, -0.2) is 0 Å². The molecule has 0 N–H and O–H groups in total.